The minimum absolute atomic E-state index is 0.221. The van der Waals surface area contributed by atoms with Crippen LogP contribution >= 0.6 is 0 Å². The Kier molecular flexibility index (Phi) is 8.50. The summed E-state index contributed by atoms with van der Waals surface area (Å²) in [6.45, 7) is 2.26. The molecule has 0 atom stereocenters. The number of H-pyrrole nitrogens is 1. The summed E-state index contributed by atoms with van der Waals surface area (Å²) in [5.41, 5.74) is 4.48. The number of anilines is 1. The summed E-state index contributed by atoms with van der Waals surface area (Å²) in [6.07, 6.45) is 1.84. The normalized spacial score (nSPS) is 11.4. The second-order valence-electron chi connectivity index (χ2n) is 10.1. The highest BCUT2D eigenvalue weighted by molar-refractivity contribution is 5.93. The van der Waals surface area contributed by atoms with Crippen LogP contribution in [0.1, 0.15) is 23.9 Å². The highest BCUT2D eigenvalue weighted by Crippen LogP contribution is 2.31. The molecule has 0 aliphatic heterocycles. The fourth-order valence-electron chi connectivity index (χ4n) is 4.89. The number of fused-ring (bicyclic) bond motifs is 2. The topological polar surface area (TPSA) is 115 Å². The van der Waals surface area contributed by atoms with Gasteiger partial charge >= 0.3 is 0 Å². The molecule has 0 fully saturated rings. The van der Waals surface area contributed by atoms with Gasteiger partial charge in [-0.1, -0.05) is 42.5 Å². The van der Waals surface area contributed by atoms with Gasteiger partial charge < -0.3 is 24.5 Å². The summed E-state index contributed by atoms with van der Waals surface area (Å²) in [6, 6.07) is 31.4. The molecule has 45 heavy (non-hydrogen) atoms. The molecule has 0 aliphatic rings. The molecular formula is C36H30N4O5. The molecule has 6 rings (SSSR count). The van der Waals surface area contributed by atoms with Gasteiger partial charge in [-0.15, -0.1) is 0 Å². The van der Waals surface area contributed by atoms with Crippen LogP contribution in [0.25, 0.3) is 33.6 Å². The van der Waals surface area contributed by atoms with Gasteiger partial charge in [0.15, 0.2) is 18.1 Å². The van der Waals surface area contributed by atoms with Crippen molar-refractivity contribution in [1.29, 1.82) is 0 Å². The number of aromatic nitrogens is 3. The van der Waals surface area contributed by atoms with Crippen molar-refractivity contribution in [3.8, 4) is 17.2 Å². The van der Waals surface area contributed by atoms with Crippen LogP contribution in [-0.2, 0) is 4.79 Å². The number of rotatable bonds is 10. The van der Waals surface area contributed by atoms with Crippen LogP contribution in [0, 0.1) is 0 Å². The first-order valence-electron chi connectivity index (χ1n) is 14.4. The Morgan fingerprint density at radius 3 is 2.42 bits per heavy atom. The van der Waals surface area contributed by atoms with E-state index in [4.69, 9.17) is 24.2 Å². The summed E-state index contributed by atoms with van der Waals surface area (Å²) in [5.74, 6) is 1.22. The Bertz CT molecular complexity index is 2090. The lowest BCUT2D eigenvalue weighted by atomic mass is 10.0. The minimum atomic E-state index is -0.333. The molecule has 2 aromatic heterocycles. The monoisotopic (exact) mass is 598 g/mol. The van der Waals surface area contributed by atoms with Gasteiger partial charge in [0.1, 0.15) is 11.4 Å². The highest BCUT2D eigenvalue weighted by Gasteiger charge is 2.16. The van der Waals surface area contributed by atoms with Crippen molar-refractivity contribution in [2.24, 2.45) is 0 Å². The quantitative estimate of drug-likeness (QED) is 0.185. The lowest BCUT2D eigenvalue weighted by molar-refractivity contribution is -0.118. The van der Waals surface area contributed by atoms with Gasteiger partial charge in [-0.3, -0.25) is 9.59 Å². The Morgan fingerprint density at radius 1 is 0.844 bits per heavy atom. The Balaban J connectivity index is 1.30. The van der Waals surface area contributed by atoms with E-state index in [1.54, 1.807) is 36.4 Å². The molecule has 0 unspecified atom stereocenters. The fourth-order valence-corrected chi connectivity index (χ4v) is 4.89. The van der Waals surface area contributed by atoms with Gasteiger partial charge in [-0.2, -0.15) is 0 Å². The second-order valence-corrected chi connectivity index (χ2v) is 10.1. The third-order valence-corrected chi connectivity index (χ3v) is 7.04. The molecule has 0 spiro atoms. The number of hydrogen-bond acceptors (Lipinski definition) is 7. The van der Waals surface area contributed by atoms with Crippen molar-refractivity contribution in [1.82, 2.24) is 15.0 Å². The van der Waals surface area contributed by atoms with Gasteiger partial charge in [-0.05, 0) is 79.2 Å². The number of ether oxygens (including phenoxy) is 3. The SMILES string of the molecule is CCOc1ccc(NC(=O)COc2ccc(C=C(c3ccc4ccccc4n3)c3nc4ccccc4[nH]c3=O)cc2OC)cc1. The first kappa shape index (κ1) is 29.1. The zero-order valence-electron chi connectivity index (χ0n) is 24.7. The summed E-state index contributed by atoms with van der Waals surface area (Å²) >= 11 is 0. The van der Waals surface area contributed by atoms with Crippen LogP contribution in [0.15, 0.2) is 108 Å². The van der Waals surface area contributed by atoms with E-state index in [1.807, 2.05) is 79.7 Å². The zero-order chi connectivity index (χ0) is 31.2. The molecule has 0 radical (unpaired) electrons. The molecular weight excluding hydrogens is 568 g/mol. The number of para-hydroxylation sites is 3. The molecule has 1 amide bonds. The number of pyridine rings is 1. The second kappa shape index (κ2) is 13.1. The molecule has 2 heterocycles. The maximum absolute atomic E-state index is 13.3. The Labute approximate surface area is 259 Å². The molecule has 4 aromatic carbocycles. The van der Waals surface area contributed by atoms with Gasteiger partial charge in [0.25, 0.3) is 11.5 Å². The van der Waals surface area contributed by atoms with E-state index in [9.17, 15) is 9.59 Å². The van der Waals surface area contributed by atoms with Crippen molar-refractivity contribution in [2.45, 2.75) is 6.92 Å². The van der Waals surface area contributed by atoms with Gasteiger partial charge in [0.2, 0.25) is 0 Å². The maximum Gasteiger partial charge on any atom is 0.275 e. The molecule has 224 valence electrons. The van der Waals surface area contributed by atoms with E-state index in [2.05, 4.69) is 10.3 Å². The van der Waals surface area contributed by atoms with Gasteiger partial charge in [-0.25, -0.2) is 9.97 Å². The lowest BCUT2D eigenvalue weighted by Crippen LogP contribution is -2.20. The maximum atomic E-state index is 13.3. The van der Waals surface area contributed by atoms with E-state index >= 15 is 0 Å². The number of carbonyl (C=O) groups is 1. The van der Waals surface area contributed by atoms with Crippen molar-refractivity contribution in [2.75, 3.05) is 25.6 Å². The van der Waals surface area contributed by atoms with Gasteiger partial charge in [0.05, 0.1) is 36.0 Å². The van der Waals surface area contributed by atoms with E-state index < -0.39 is 0 Å². The van der Waals surface area contributed by atoms with E-state index in [1.165, 1.54) is 7.11 Å². The predicted molar refractivity (Wildman–Crippen MR) is 176 cm³/mol. The number of benzene rings is 4. The molecule has 0 aliphatic carbocycles. The summed E-state index contributed by atoms with van der Waals surface area (Å²) in [7, 11) is 1.52. The zero-order valence-corrected chi connectivity index (χ0v) is 24.7. The van der Waals surface area contributed by atoms with Crippen LogP contribution in [0.5, 0.6) is 17.2 Å². The van der Waals surface area contributed by atoms with E-state index in [-0.39, 0.29) is 23.8 Å². The molecule has 9 nitrogen and oxygen atoms in total. The van der Waals surface area contributed by atoms with Crippen LogP contribution in [0.3, 0.4) is 0 Å². The van der Waals surface area contributed by atoms with E-state index in [0.717, 1.165) is 22.2 Å². The summed E-state index contributed by atoms with van der Waals surface area (Å²) < 4.78 is 16.9. The van der Waals surface area contributed by atoms with Gasteiger partial charge in [0, 0.05) is 16.6 Å². The van der Waals surface area contributed by atoms with Crippen LogP contribution < -0.4 is 25.1 Å². The highest BCUT2D eigenvalue weighted by atomic mass is 16.5. The molecule has 0 saturated heterocycles. The first-order chi connectivity index (χ1) is 22.0. The van der Waals surface area contributed by atoms with Crippen molar-refractivity contribution in [3.05, 3.63) is 130 Å². The average Bonchev–Trinajstić information content (AvgIpc) is 3.07. The molecule has 0 bridgehead atoms. The molecule has 0 saturated carbocycles. The average molecular weight is 599 g/mol. The van der Waals surface area contributed by atoms with Crippen molar-refractivity contribution >= 4 is 45.2 Å². The predicted octanol–water partition coefficient (Wildman–Crippen LogP) is 6.49. The fraction of sp³-hybridized carbons (Fsp3) is 0.111. The summed E-state index contributed by atoms with van der Waals surface area (Å²) in [5, 5.41) is 3.79. The molecule has 6 aromatic rings. The van der Waals surface area contributed by atoms with Crippen molar-refractivity contribution < 1.29 is 19.0 Å². The molecule has 9 heteroatoms. The Morgan fingerprint density at radius 2 is 1.62 bits per heavy atom. The minimum Gasteiger partial charge on any atom is -0.494 e. The van der Waals surface area contributed by atoms with E-state index in [0.29, 0.717) is 46.1 Å². The lowest BCUT2D eigenvalue weighted by Gasteiger charge is -2.13. The largest absolute Gasteiger partial charge is 0.494 e. The van der Waals surface area contributed by atoms with Crippen LogP contribution in [-0.4, -0.2) is 41.2 Å². The standard InChI is InChI=1S/C36H30N4O5/c1-3-44-26-16-14-25(15-17-26)37-34(41)22-45-32-19-12-23(21-33(32)43-2)20-27(29-18-13-24-8-4-5-9-28(24)38-29)35-36(42)40-31-11-7-6-10-30(31)39-35/h4-21H,3,22H2,1-2H3,(H,37,41)(H,40,42). The third kappa shape index (κ3) is 6.67. The third-order valence-electron chi connectivity index (χ3n) is 7.04. The number of hydrogen-bond donors (Lipinski definition) is 2. The number of nitrogens with one attached hydrogen (secondary N) is 2. The van der Waals surface area contributed by atoms with Crippen molar-refractivity contribution in [3.63, 3.8) is 0 Å². The van der Waals surface area contributed by atoms with Crippen LogP contribution in [0.4, 0.5) is 5.69 Å². The number of aromatic amines is 1. The number of nitrogens with zero attached hydrogens (tertiary/aromatic N) is 2. The van der Waals surface area contributed by atoms with Crippen LogP contribution in [0.2, 0.25) is 0 Å². The first-order valence-corrected chi connectivity index (χ1v) is 14.4. The Hall–Kier alpha value is -5.96. The number of carbonyl (C=O) groups excluding carboxylic acids is 1. The summed E-state index contributed by atoms with van der Waals surface area (Å²) in [4.78, 5) is 38.4. The smallest absolute Gasteiger partial charge is 0.275 e. The molecule has 2 N–H and O–H groups in total. The number of methoxy groups -OCH3 is 1. The number of amides is 1.